The van der Waals surface area contributed by atoms with Crippen LogP contribution >= 0.6 is 11.8 Å². The lowest BCUT2D eigenvalue weighted by Gasteiger charge is -2.12. The Bertz CT molecular complexity index is 2800. The summed E-state index contributed by atoms with van der Waals surface area (Å²) in [6, 6.07) is 28.4. The molecule has 0 atom stereocenters. The Morgan fingerprint density at radius 3 is 1.80 bits per heavy atom. The van der Waals surface area contributed by atoms with Gasteiger partial charge in [-0.3, -0.25) is 25.4 Å². The summed E-state index contributed by atoms with van der Waals surface area (Å²) in [6.07, 6.45) is 27.1. The first-order valence-electron chi connectivity index (χ1n) is 22.1. The Hall–Kier alpha value is -9.20. The van der Waals surface area contributed by atoms with E-state index < -0.39 is 0 Å². The van der Waals surface area contributed by atoms with E-state index in [1.165, 1.54) is 39.7 Å². The molecule has 12 nitrogen and oxygen atoms in total. The van der Waals surface area contributed by atoms with Crippen LogP contribution in [0.15, 0.2) is 209 Å². The number of para-hydroxylation sites is 1. The summed E-state index contributed by atoms with van der Waals surface area (Å²) in [5, 5.41) is 23.0. The maximum Gasteiger partial charge on any atom is 0.0930 e. The molecule has 0 radical (unpaired) electrons. The summed E-state index contributed by atoms with van der Waals surface area (Å²) >= 11 is 1.50. The van der Waals surface area contributed by atoms with Gasteiger partial charge in [-0.1, -0.05) is 106 Å². The number of nitrogens with zero attached hydrogens (tertiary/aromatic N) is 5. The van der Waals surface area contributed by atoms with Gasteiger partial charge >= 0.3 is 0 Å². The first-order chi connectivity index (χ1) is 34.1. The van der Waals surface area contributed by atoms with Crippen LogP contribution in [0.4, 0.5) is 5.69 Å². The quantitative estimate of drug-likeness (QED) is 0.0778. The van der Waals surface area contributed by atoms with Crippen LogP contribution < -0.4 is 37.3 Å². The predicted molar refractivity (Wildman–Crippen MR) is 295 cm³/mol. The average molecular weight is 939 g/mol. The first-order valence-corrected chi connectivity index (χ1v) is 23.0. The second-order valence-electron chi connectivity index (χ2n) is 15.6. The van der Waals surface area contributed by atoms with Gasteiger partial charge in [-0.05, 0) is 77.4 Å². The largest absolute Gasteiger partial charge is 0.381 e. The summed E-state index contributed by atoms with van der Waals surface area (Å²) in [5.74, 6) is 0. The van der Waals surface area contributed by atoms with Crippen LogP contribution in [-0.2, 0) is 13.0 Å². The molecular weight excluding hydrogens is 885 g/mol. The lowest BCUT2D eigenvalue weighted by molar-refractivity contribution is 0.946. The Labute approximate surface area is 414 Å². The van der Waals surface area contributed by atoms with Crippen molar-refractivity contribution in [1.82, 2.24) is 51.9 Å². The van der Waals surface area contributed by atoms with Crippen molar-refractivity contribution in [2.45, 2.75) is 13.0 Å². The Kier molecular flexibility index (Phi) is 17.1. The molecule has 4 aromatic heterocycles. The van der Waals surface area contributed by atoms with Crippen molar-refractivity contribution in [3.8, 4) is 0 Å². The molecule has 0 spiro atoms. The molecular formula is C57H54N12S. The van der Waals surface area contributed by atoms with Crippen LogP contribution in [0.5, 0.6) is 0 Å². The summed E-state index contributed by atoms with van der Waals surface area (Å²) in [4.78, 5) is 16.4. The molecule has 70 heavy (non-hydrogen) atoms. The second-order valence-corrected chi connectivity index (χ2v) is 16.5. The number of hydrazone groups is 1. The molecule has 0 bridgehead atoms. The molecule has 13 heteroatoms. The van der Waals surface area contributed by atoms with Gasteiger partial charge in [-0.2, -0.15) is 5.10 Å². The zero-order valence-electron chi connectivity index (χ0n) is 38.8. The predicted octanol–water partition coefficient (Wildman–Crippen LogP) is 11.2. The summed E-state index contributed by atoms with van der Waals surface area (Å²) in [6.45, 7) is 27.7. The summed E-state index contributed by atoms with van der Waals surface area (Å²) in [5.41, 5.74) is 24.0. The maximum atomic E-state index is 4.19. The molecule has 0 aliphatic carbocycles. The molecule has 0 saturated heterocycles. The molecule has 7 aliphatic heterocycles. The van der Waals surface area contributed by atoms with Gasteiger partial charge in [-0.15, -0.1) is 0 Å². The molecule has 2 aromatic carbocycles. The molecule has 0 saturated carbocycles. The van der Waals surface area contributed by atoms with Crippen molar-refractivity contribution in [2.24, 2.45) is 5.10 Å². The number of thioether (sulfide) groups is 1. The fraction of sp³-hybridized carbons (Fsp3) is 0.0351. The molecule has 7 aliphatic rings. The molecule has 7 N–H and O–H groups in total. The van der Waals surface area contributed by atoms with E-state index in [9.17, 15) is 0 Å². The smallest absolute Gasteiger partial charge is 0.0930 e. The number of benzene rings is 2. The van der Waals surface area contributed by atoms with Crippen LogP contribution in [0.3, 0.4) is 0 Å². The van der Waals surface area contributed by atoms with Crippen molar-refractivity contribution in [3.05, 3.63) is 265 Å². The maximum absolute atomic E-state index is 4.19. The fourth-order valence-corrected chi connectivity index (χ4v) is 7.53. The van der Waals surface area contributed by atoms with E-state index in [-0.39, 0.29) is 0 Å². The Balaban J connectivity index is 0.000000121. The number of fused-ring (bicyclic) bond motifs is 6. The number of hydrogen-bond donors (Lipinski definition) is 7. The minimum atomic E-state index is 0.864. The number of hydrogen-bond acceptors (Lipinski definition) is 13. The van der Waals surface area contributed by atoms with E-state index in [1.54, 1.807) is 30.3 Å². The first kappa shape index (κ1) is 48.7. The van der Waals surface area contributed by atoms with Gasteiger partial charge in [0, 0.05) is 142 Å². The normalized spacial score (nSPS) is 14.5. The standard InChI is InChI=1S/4C9H8N2.2C9H9N.C3H4N2S/c1-7-9-3-4-10-6-8(9)2-5-11-7;1-7-9-6-10-4-2-8(9)3-5-11-7;1-7-8-3-2-5-11-9(8)4-6-10-7;1-7-9-8(4-6-10-7)3-2-5-11-9;1-7-9-5-3-2-4-8(9)6-10-7;1-7-6-8-4-2-3-5-9(8)10-7;1-3-5-4-2-6-3/h2*2-6,11H,1H2;2*2-6,10H,1H2;2*2-5,10H,1,6H2;2,5H,1H2. The molecule has 0 amide bonds. The molecule has 0 unspecified atom stereocenters. The van der Waals surface area contributed by atoms with Crippen molar-refractivity contribution in [2.75, 3.05) is 5.32 Å². The van der Waals surface area contributed by atoms with Crippen molar-refractivity contribution >= 4 is 75.8 Å². The number of aromatic nitrogens is 4. The summed E-state index contributed by atoms with van der Waals surface area (Å²) in [7, 11) is 0. The molecule has 0 fully saturated rings. The minimum Gasteiger partial charge on any atom is -0.381 e. The lowest BCUT2D eigenvalue weighted by atomic mass is 10.1. The summed E-state index contributed by atoms with van der Waals surface area (Å²) < 4.78 is 0. The van der Waals surface area contributed by atoms with Gasteiger partial charge in [0.2, 0.25) is 0 Å². The number of pyridine rings is 4. The number of nitrogens with one attached hydrogen (secondary N) is 7. The topological polar surface area (TPSA) is 148 Å². The Morgan fingerprint density at radius 1 is 0.486 bits per heavy atom. The van der Waals surface area contributed by atoms with Gasteiger partial charge in [0.25, 0.3) is 0 Å². The highest BCUT2D eigenvalue weighted by atomic mass is 32.2. The third kappa shape index (κ3) is 13.5. The fourth-order valence-electron chi connectivity index (χ4n) is 7.19. The average Bonchev–Trinajstić information content (AvgIpc) is 4.15. The van der Waals surface area contributed by atoms with E-state index in [2.05, 4.69) is 145 Å². The zero-order chi connectivity index (χ0) is 49.1. The van der Waals surface area contributed by atoms with E-state index in [1.807, 2.05) is 110 Å². The highest BCUT2D eigenvalue weighted by Crippen LogP contribution is 2.26. The van der Waals surface area contributed by atoms with Crippen LogP contribution in [0.1, 0.15) is 61.5 Å². The van der Waals surface area contributed by atoms with Gasteiger partial charge in [-0.25, -0.2) is 0 Å². The number of rotatable bonds is 0. The van der Waals surface area contributed by atoms with Gasteiger partial charge in [0.1, 0.15) is 0 Å². The van der Waals surface area contributed by atoms with E-state index in [0.717, 1.165) is 91.4 Å². The van der Waals surface area contributed by atoms with Gasteiger partial charge in [0.05, 0.1) is 27.7 Å². The van der Waals surface area contributed by atoms with Crippen LogP contribution in [-0.4, -0.2) is 25.5 Å². The van der Waals surface area contributed by atoms with Crippen molar-refractivity contribution in [1.29, 1.82) is 0 Å². The van der Waals surface area contributed by atoms with Crippen molar-refractivity contribution < 1.29 is 0 Å². The zero-order valence-corrected chi connectivity index (χ0v) is 39.6. The third-order valence-electron chi connectivity index (χ3n) is 10.7. The Morgan fingerprint density at radius 2 is 1.11 bits per heavy atom. The number of allylic oxidation sites excluding steroid dienone is 1. The lowest BCUT2D eigenvalue weighted by Crippen LogP contribution is -2.09. The molecule has 13 rings (SSSR count). The second kappa shape index (κ2) is 24.5. The van der Waals surface area contributed by atoms with E-state index in [0.29, 0.717) is 0 Å². The van der Waals surface area contributed by atoms with Crippen molar-refractivity contribution in [3.63, 3.8) is 0 Å². The monoisotopic (exact) mass is 938 g/mol. The SMILES string of the molecule is C=C1Cc2ccccc2N1.C=C1NC=Cc2cccnc21.C=C1NC=Cc2ccncc21.C=C1NC=Cc2cnccc21.C=C1NC=Cc2ncccc21.C=C1NCc2ccccc21.C=C1NN=CS1. The van der Waals surface area contributed by atoms with Gasteiger partial charge < -0.3 is 31.9 Å². The number of anilines is 1. The molecule has 6 aromatic rings. The minimum absolute atomic E-state index is 0.864. The molecule has 11 heterocycles. The van der Waals surface area contributed by atoms with Gasteiger partial charge in [0.15, 0.2) is 0 Å². The van der Waals surface area contributed by atoms with Crippen LogP contribution in [0.2, 0.25) is 0 Å². The highest BCUT2D eigenvalue weighted by molar-refractivity contribution is 8.15. The van der Waals surface area contributed by atoms with Crippen LogP contribution in [0, 0.1) is 0 Å². The highest BCUT2D eigenvalue weighted by Gasteiger charge is 2.12. The third-order valence-corrected chi connectivity index (χ3v) is 11.3. The van der Waals surface area contributed by atoms with E-state index >= 15 is 0 Å². The van der Waals surface area contributed by atoms with E-state index in [4.69, 9.17) is 0 Å². The molecule has 348 valence electrons. The van der Waals surface area contributed by atoms with Crippen LogP contribution in [0.25, 0.3) is 52.8 Å².